The third-order valence-corrected chi connectivity index (χ3v) is 22.8. The summed E-state index contributed by atoms with van der Waals surface area (Å²) in [6.45, 7) is 6.43. The molecular weight excluding hydrogens is 1700 g/mol. The lowest BCUT2D eigenvalue weighted by atomic mass is 9.84. The first-order valence-electron chi connectivity index (χ1n) is 39.3. The molecule has 0 saturated carbocycles. The molecule has 10 unspecified atom stereocenters. The Morgan fingerprint density at radius 1 is 0.702 bits per heavy atom. The maximum absolute atomic E-state index is 16.4. The molecule has 0 aromatic heterocycles. The number of azide groups is 1. The zero-order valence-corrected chi connectivity index (χ0v) is 70.0. The van der Waals surface area contributed by atoms with Crippen molar-refractivity contribution in [3.8, 4) is 62.9 Å². The highest BCUT2D eigenvalue weighted by Gasteiger charge is 2.53. The number of aliphatic hydroxyl groups excluding tert-OH is 5. The summed E-state index contributed by atoms with van der Waals surface area (Å²) in [5, 5.41) is 124. The number of hydrogen-bond acceptors (Lipinski definition) is 27. The number of carbonyl (C=O) groups is 8. The number of halogens is 4. The maximum atomic E-state index is 16.4. The van der Waals surface area contributed by atoms with Gasteiger partial charge in [0.25, 0.3) is 0 Å². The molecule has 11 bridgehead atoms. The van der Waals surface area contributed by atoms with Crippen LogP contribution in [0.3, 0.4) is 0 Å². The molecule has 7 aliphatic rings. The number of fused-ring (bicyclic) bond motifs is 15. The van der Waals surface area contributed by atoms with E-state index in [1.165, 1.54) is 32.2 Å². The summed E-state index contributed by atoms with van der Waals surface area (Å²) in [5.41, 5.74) is 18.6. The zero-order valence-electron chi connectivity index (χ0n) is 67.0. The second-order valence-electron chi connectivity index (χ2n) is 31.0. The molecule has 7 aromatic rings. The highest BCUT2D eigenvalue weighted by Crippen LogP contribution is 2.50. The fourth-order valence-corrected chi connectivity index (χ4v) is 15.9. The van der Waals surface area contributed by atoms with Crippen molar-refractivity contribution in [1.82, 2.24) is 42.5 Å². The second-order valence-corrected chi connectivity index (χ2v) is 32.6. The van der Waals surface area contributed by atoms with Crippen LogP contribution in [0.1, 0.15) is 124 Å². The molecule has 37 nitrogen and oxygen atoms in total. The highest BCUT2D eigenvalue weighted by molar-refractivity contribution is 6.42. The number of aliphatic hydroxyl groups is 5. The van der Waals surface area contributed by atoms with Crippen molar-refractivity contribution in [3.63, 3.8) is 0 Å². The summed E-state index contributed by atoms with van der Waals surface area (Å²) in [7, 11) is 1.48. The van der Waals surface area contributed by atoms with Gasteiger partial charge >= 0.3 is 0 Å². The lowest BCUT2D eigenvalue weighted by Crippen LogP contribution is -2.64. The predicted molar refractivity (Wildman–Crippen MR) is 447 cm³/mol. The van der Waals surface area contributed by atoms with Gasteiger partial charge in [-0.05, 0) is 170 Å². The van der Waals surface area contributed by atoms with Gasteiger partial charge < -0.3 is 133 Å². The minimum Gasteiger partial charge on any atom is -0.508 e. The monoisotopic (exact) mass is 1790 g/mol. The smallest absolute Gasteiger partial charge is 0.248 e. The summed E-state index contributed by atoms with van der Waals surface area (Å²) in [6.07, 6.45) is -18.4. The van der Waals surface area contributed by atoms with Crippen LogP contribution < -0.4 is 78.3 Å². The van der Waals surface area contributed by atoms with Crippen LogP contribution in [0.2, 0.25) is 20.1 Å². The molecule has 0 spiro atoms. The molecule has 8 amide bonds. The van der Waals surface area contributed by atoms with Crippen LogP contribution in [-0.2, 0) is 59.2 Å². The molecule has 660 valence electrons. The standard InChI is InChI=1S/C83H92Cl4N14O23/c1-35(2)21-51(91-5)75(111)98-66-68(106)39-13-17-55(49(86)24-39)120-57-26-41-27-58(72(57)124-82-73(71(109)70(108)59(122-82)33-93-101-90)123-61-32-83(4,74(110)36(3)119-61)100-42-9-8-10-44(28-42)118-34-37-11-15-47(84)48(85)22-37)121-56-18-14-40(25-50(56)87)69(107)67-81(117)97-65(77(113)92-20-7-6-19-88)46-29-43(102)30-54(104)62(46)45-23-38(12-16-53(45)103)63(78(114)99-67)96-79(115)64(41)95-76(112)52(31-60(89)105)94-80(66)116/h8-18,22-30,35-36,51-52,59,61,63-71,73-74,82,91,100,102-104,106-110H,6-7,19-21,31-34,88H2,1-5H3,(H2,89,105)(H,92,113)(H,94,116)(H,95,112)(H,96,115)(H,97,117)(H,98,111)(H,99,114)/t36?,51-,52+,59?,61?,63?,64-,65+,66-,67+,68-,69-,70?,71?,73?,74?,82?,83?/m1/s1. The molecular formula is C83H92Cl4N14O23. The summed E-state index contributed by atoms with van der Waals surface area (Å²) < 4.78 is 46.1. The number of anilines is 1. The van der Waals surface area contributed by atoms with Gasteiger partial charge in [0.05, 0.1) is 56.8 Å². The summed E-state index contributed by atoms with van der Waals surface area (Å²) in [5.74, 6) is -14.5. The van der Waals surface area contributed by atoms with E-state index in [-0.39, 0.29) is 71.5 Å². The predicted octanol–water partition coefficient (Wildman–Crippen LogP) is 6.23. The quantitative estimate of drug-likeness (QED) is 0.0146. The number of aromatic hydroxyl groups is 3. The van der Waals surface area contributed by atoms with E-state index in [9.17, 15) is 60.8 Å². The Morgan fingerprint density at radius 3 is 2.02 bits per heavy atom. The van der Waals surface area contributed by atoms with Crippen LogP contribution in [0.4, 0.5) is 5.69 Å². The van der Waals surface area contributed by atoms with E-state index in [1.54, 1.807) is 49.4 Å². The number of unbranched alkanes of at least 4 members (excludes halogenated alkanes) is 1. The number of amides is 8. The van der Waals surface area contributed by atoms with E-state index in [1.807, 2.05) is 13.8 Å². The molecule has 7 heterocycles. The third-order valence-electron chi connectivity index (χ3n) is 21.5. The molecule has 0 radical (unpaired) electrons. The highest BCUT2D eigenvalue weighted by atomic mass is 35.5. The summed E-state index contributed by atoms with van der Waals surface area (Å²) in [4.78, 5) is 123. The topological polar surface area (TPSA) is 572 Å². The van der Waals surface area contributed by atoms with Crippen LogP contribution >= 0.6 is 46.4 Å². The average Bonchev–Trinajstić information content (AvgIpc) is 0.763. The van der Waals surface area contributed by atoms with Crippen LogP contribution in [0.15, 0.2) is 126 Å². The van der Waals surface area contributed by atoms with Crippen molar-refractivity contribution < 1.29 is 112 Å². The first-order valence-corrected chi connectivity index (χ1v) is 40.8. The fourth-order valence-electron chi connectivity index (χ4n) is 15.1. The van der Waals surface area contributed by atoms with E-state index >= 15 is 24.0 Å². The zero-order chi connectivity index (χ0) is 89.4. The number of phenols is 3. The van der Waals surface area contributed by atoms with Gasteiger partial charge in [-0.3, -0.25) is 38.4 Å². The van der Waals surface area contributed by atoms with E-state index in [0.29, 0.717) is 39.9 Å². The number of primary amides is 1. The van der Waals surface area contributed by atoms with Crippen molar-refractivity contribution in [1.29, 1.82) is 0 Å². The molecule has 0 aliphatic carbocycles. The Balaban J connectivity index is 1.05. The molecule has 14 rings (SSSR count). The van der Waals surface area contributed by atoms with Crippen LogP contribution in [0.5, 0.6) is 51.7 Å². The van der Waals surface area contributed by atoms with E-state index in [2.05, 4.69) is 57.9 Å². The Bertz CT molecular complexity index is 5270. The minimum atomic E-state index is -2.38. The second kappa shape index (κ2) is 39.7. The van der Waals surface area contributed by atoms with Crippen molar-refractivity contribution in [2.75, 3.05) is 32.0 Å². The van der Waals surface area contributed by atoms with E-state index in [4.69, 9.17) is 91.0 Å². The third kappa shape index (κ3) is 21.1. The Morgan fingerprint density at radius 2 is 1.37 bits per heavy atom. The van der Waals surface area contributed by atoms with Gasteiger partial charge in [0.1, 0.15) is 108 Å². The Labute approximate surface area is 728 Å². The van der Waals surface area contributed by atoms with Crippen molar-refractivity contribution in [3.05, 3.63) is 185 Å². The number of benzene rings is 7. The number of phenolic OH excluding ortho intramolecular Hbond substituents is 3. The Kier molecular flexibility index (Phi) is 29.5. The lowest BCUT2D eigenvalue weighted by molar-refractivity contribution is -0.329. The number of nitrogens with one attached hydrogen (secondary N) is 9. The molecule has 2 saturated heterocycles. The van der Waals surface area contributed by atoms with E-state index < -0.39 is 231 Å². The van der Waals surface area contributed by atoms with Gasteiger partial charge in [-0.15, -0.1) is 0 Å². The van der Waals surface area contributed by atoms with Gasteiger partial charge in [-0.1, -0.05) is 95.7 Å². The fraction of sp³-hybridized carbons (Fsp3) is 0.398. The number of nitrogens with two attached hydrogens (primary N) is 2. The van der Waals surface area contributed by atoms with Gasteiger partial charge in [0, 0.05) is 46.8 Å². The molecule has 7 aliphatic heterocycles. The number of nitrogens with zero attached hydrogens (tertiary/aromatic N) is 3. The number of carbonyl (C=O) groups excluding carboxylic acids is 8. The molecule has 2 fully saturated rings. The SMILES string of the molecule is CN[C@H](CC(C)C)C(=O)N[C@H]1C(=O)N[C@@H](CC(N)=O)C(=O)N[C@H]2C(=O)NC3C(=O)N[C@H](C(=O)N[C@H](C(=O)NCCCCN)c4cc(O)cc(O)c4-c4cc3ccc4O)[C@H](O)c3ccc(c(Cl)c3)Oc3cc2cc(c3OC2OC(CN=[N+]=[N-])C(O)C(O)C2OC2CC(C)(Nc3cccc(OCc4ccc(Cl)c(Cl)c4)c3)C(O)C(C)O2)Oc2ccc(cc2Cl)[C@H]1O. The Hall–Kier alpha value is -11.2. The molecule has 124 heavy (non-hydrogen) atoms. The van der Waals surface area contributed by atoms with Gasteiger partial charge in [0.15, 0.2) is 23.9 Å². The number of hydrogen-bond donors (Lipinski definition) is 19. The molecule has 41 heteroatoms. The molecule has 18 atom stereocenters. The molecule has 7 aromatic carbocycles. The number of likely N-dealkylation sites (N-methyl/N-ethyl adjacent to an activating group) is 1. The van der Waals surface area contributed by atoms with Crippen molar-refractivity contribution in [2.45, 2.75) is 176 Å². The van der Waals surface area contributed by atoms with Crippen molar-refractivity contribution in [2.24, 2.45) is 22.5 Å². The van der Waals surface area contributed by atoms with Crippen molar-refractivity contribution >= 4 is 99.3 Å². The van der Waals surface area contributed by atoms with Gasteiger partial charge in [-0.2, -0.15) is 0 Å². The largest absolute Gasteiger partial charge is 0.508 e. The minimum absolute atomic E-state index is 0.0356. The molecule has 21 N–H and O–H groups in total. The number of ether oxygens (including phenoxy) is 7. The maximum Gasteiger partial charge on any atom is 0.248 e. The summed E-state index contributed by atoms with van der Waals surface area (Å²) in [6, 6.07) is 11.9. The summed E-state index contributed by atoms with van der Waals surface area (Å²) >= 11 is 26.9. The average molecular weight is 1800 g/mol. The van der Waals surface area contributed by atoms with Crippen LogP contribution in [0.25, 0.3) is 21.6 Å². The van der Waals surface area contributed by atoms with Crippen LogP contribution in [-0.4, -0.2) is 194 Å². The first kappa shape index (κ1) is 92.0. The first-order chi connectivity index (χ1) is 59.0. The normalized spacial score (nSPS) is 26.0. The number of rotatable bonds is 23. The van der Waals surface area contributed by atoms with E-state index in [0.717, 1.165) is 60.7 Å². The lowest BCUT2D eigenvalue weighted by Gasteiger charge is -2.48. The van der Waals surface area contributed by atoms with Gasteiger partial charge in [0.2, 0.25) is 59.3 Å². The van der Waals surface area contributed by atoms with Gasteiger partial charge in [-0.25, -0.2) is 0 Å². The van der Waals surface area contributed by atoms with Crippen LogP contribution in [0, 0.1) is 5.92 Å².